The first-order chi connectivity index (χ1) is 7.18. The zero-order chi connectivity index (χ0) is 10.8. The Morgan fingerprint density at radius 3 is 2.87 bits per heavy atom. The zero-order valence-corrected chi connectivity index (χ0v) is 8.11. The quantitative estimate of drug-likeness (QED) is 0.781. The predicted octanol–water partition coefficient (Wildman–Crippen LogP) is 1.33. The van der Waals surface area contributed by atoms with Crippen molar-refractivity contribution in [3.05, 3.63) is 47.3 Å². The number of aromatic amines is 1. The fourth-order valence-electron chi connectivity index (χ4n) is 1.34. The van der Waals surface area contributed by atoms with E-state index in [-0.39, 0.29) is 5.82 Å². The van der Waals surface area contributed by atoms with E-state index in [1.54, 1.807) is 13.0 Å². The van der Waals surface area contributed by atoms with Crippen molar-refractivity contribution in [2.24, 2.45) is 0 Å². The molecule has 0 bridgehead atoms. The number of benzene rings is 1. The van der Waals surface area contributed by atoms with E-state index in [0.29, 0.717) is 17.0 Å². The lowest BCUT2D eigenvalue weighted by atomic mass is 10.1. The Morgan fingerprint density at radius 1 is 1.47 bits per heavy atom. The summed E-state index contributed by atoms with van der Waals surface area (Å²) in [6.45, 7) is 1.64. The highest BCUT2D eigenvalue weighted by molar-refractivity contribution is 5.28. The lowest BCUT2D eigenvalue weighted by Gasteiger charge is -2.08. The largest absolute Gasteiger partial charge is 0.380 e. The molecular formula is C10H10FN3O. The number of aromatic nitrogens is 3. The van der Waals surface area contributed by atoms with Crippen LogP contribution in [0.5, 0.6) is 0 Å². The van der Waals surface area contributed by atoms with Crippen LogP contribution >= 0.6 is 0 Å². The summed E-state index contributed by atoms with van der Waals surface area (Å²) >= 11 is 0. The van der Waals surface area contributed by atoms with E-state index in [2.05, 4.69) is 15.2 Å². The first kappa shape index (κ1) is 9.79. The van der Waals surface area contributed by atoms with Crippen LogP contribution in [0.25, 0.3) is 0 Å². The first-order valence-electron chi connectivity index (χ1n) is 4.48. The average molecular weight is 207 g/mol. The molecule has 78 valence electrons. The van der Waals surface area contributed by atoms with E-state index in [9.17, 15) is 9.50 Å². The third-order valence-corrected chi connectivity index (χ3v) is 2.19. The van der Waals surface area contributed by atoms with Crippen LogP contribution in [0, 0.1) is 12.7 Å². The van der Waals surface area contributed by atoms with Gasteiger partial charge in [0.2, 0.25) is 0 Å². The van der Waals surface area contributed by atoms with Crippen molar-refractivity contribution in [2.45, 2.75) is 13.0 Å². The zero-order valence-electron chi connectivity index (χ0n) is 8.11. The van der Waals surface area contributed by atoms with Crippen LogP contribution in [-0.4, -0.2) is 20.3 Å². The van der Waals surface area contributed by atoms with Gasteiger partial charge in [-0.3, -0.25) is 5.10 Å². The van der Waals surface area contributed by atoms with Crippen molar-refractivity contribution >= 4 is 0 Å². The summed E-state index contributed by atoms with van der Waals surface area (Å²) in [6.07, 6.45) is 0.418. The van der Waals surface area contributed by atoms with Crippen molar-refractivity contribution in [3.63, 3.8) is 0 Å². The normalized spacial score (nSPS) is 12.7. The Morgan fingerprint density at radius 2 is 2.27 bits per heavy atom. The number of halogens is 1. The lowest BCUT2D eigenvalue weighted by molar-refractivity contribution is 0.210. The maximum absolute atomic E-state index is 13.0. The monoisotopic (exact) mass is 207 g/mol. The Balaban J connectivity index is 2.34. The van der Waals surface area contributed by atoms with Crippen LogP contribution in [-0.2, 0) is 0 Å². The summed E-state index contributed by atoms with van der Waals surface area (Å²) in [5.74, 6) is 0.0597. The highest BCUT2D eigenvalue weighted by atomic mass is 19.1. The van der Waals surface area contributed by atoms with E-state index in [0.717, 1.165) is 0 Å². The molecular weight excluding hydrogens is 197 g/mol. The second kappa shape index (κ2) is 3.78. The molecule has 0 aliphatic heterocycles. The number of rotatable bonds is 2. The average Bonchev–Trinajstić information content (AvgIpc) is 2.74. The highest BCUT2D eigenvalue weighted by Gasteiger charge is 2.13. The molecule has 2 rings (SSSR count). The van der Waals surface area contributed by atoms with Gasteiger partial charge >= 0.3 is 0 Å². The van der Waals surface area contributed by atoms with Crippen LogP contribution in [0.1, 0.15) is 23.1 Å². The first-order valence-corrected chi connectivity index (χ1v) is 4.48. The minimum atomic E-state index is -0.896. The summed E-state index contributed by atoms with van der Waals surface area (Å²) in [6, 6.07) is 4.43. The Bertz CT molecular complexity index is 456. The minimum absolute atomic E-state index is 0.288. The third kappa shape index (κ3) is 1.87. The van der Waals surface area contributed by atoms with Gasteiger partial charge in [0, 0.05) is 0 Å². The maximum atomic E-state index is 13.0. The topological polar surface area (TPSA) is 61.8 Å². The Labute approximate surface area is 85.8 Å². The predicted molar refractivity (Wildman–Crippen MR) is 51.6 cm³/mol. The van der Waals surface area contributed by atoms with E-state index in [1.807, 2.05) is 0 Å². The van der Waals surface area contributed by atoms with Gasteiger partial charge in [-0.05, 0) is 24.1 Å². The summed E-state index contributed by atoms with van der Waals surface area (Å²) in [4.78, 5) is 3.83. The molecule has 1 atom stereocenters. The van der Waals surface area contributed by atoms with Gasteiger partial charge in [0.05, 0.1) is 0 Å². The van der Waals surface area contributed by atoms with Gasteiger partial charge in [0.15, 0.2) is 5.82 Å². The van der Waals surface area contributed by atoms with E-state index in [4.69, 9.17) is 0 Å². The van der Waals surface area contributed by atoms with Gasteiger partial charge in [-0.1, -0.05) is 12.1 Å². The van der Waals surface area contributed by atoms with Crippen molar-refractivity contribution in [2.75, 3.05) is 0 Å². The van der Waals surface area contributed by atoms with E-state index < -0.39 is 6.10 Å². The molecule has 2 N–H and O–H groups in total. The molecule has 0 aliphatic carbocycles. The Kier molecular flexibility index (Phi) is 2.47. The number of hydrogen-bond acceptors (Lipinski definition) is 3. The number of aliphatic hydroxyl groups is 1. The molecule has 1 aromatic heterocycles. The lowest BCUT2D eigenvalue weighted by Crippen LogP contribution is -2.02. The van der Waals surface area contributed by atoms with Gasteiger partial charge in [-0.15, -0.1) is 0 Å². The summed E-state index contributed by atoms with van der Waals surface area (Å²) in [5, 5.41) is 16.0. The van der Waals surface area contributed by atoms with E-state index in [1.165, 1.54) is 18.5 Å². The maximum Gasteiger partial charge on any atom is 0.157 e. The van der Waals surface area contributed by atoms with Gasteiger partial charge in [0.25, 0.3) is 0 Å². The van der Waals surface area contributed by atoms with Crippen molar-refractivity contribution in [3.8, 4) is 0 Å². The SMILES string of the molecule is Cc1cc(C(O)c2ncn[nH]2)ccc1F. The fourth-order valence-corrected chi connectivity index (χ4v) is 1.34. The molecule has 0 amide bonds. The van der Waals surface area contributed by atoms with Crippen molar-refractivity contribution < 1.29 is 9.50 Å². The standard InChI is InChI=1S/C10H10FN3O/c1-6-4-7(2-3-8(6)11)9(15)10-12-5-13-14-10/h2-5,9,15H,1H3,(H,12,13,14). The van der Waals surface area contributed by atoms with Crippen LogP contribution in [0.15, 0.2) is 24.5 Å². The number of nitrogens with one attached hydrogen (secondary N) is 1. The second-order valence-electron chi connectivity index (χ2n) is 3.28. The minimum Gasteiger partial charge on any atom is -0.380 e. The molecule has 1 heterocycles. The molecule has 0 radical (unpaired) electrons. The number of aliphatic hydroxyl groups excluding tert-OH is 1. The van der Waals surface area contributed by atoms with Crippen LogP contribution < -0.4 is 0 Å². The van der Waals surface area contributed by atoms with E-state index >= 15 is 0 Å². The van der Waals surface area contributed by atoms with Crippen LogP contribution in [0.2, 0.25) is 0 Å². The summed E-state index contributed by atoms with van der Waals surface area (Å²) < 4.78 is 13.0. The molecule has 0 saturated carbocycles. The van der Waals surface area contributed by atoms with Crippen molar-refractivity contribution in [1.82, 2.24) is 15.2 Å². The molecule has 1 unspecified atom stereocenters. The molecule has 0 spiro atoms. The summed E-state index contributed by atoms with van der Waals surface area (Å²) in [5.41, 5.74) is 1.08. The number of H-pyrrole nitrogens is 1. The fraction of sp³-hybridized carbons (Fsp3) is 0.200. The van der Waals surface area contributed by atoms with Gasteiger partial charge in [-0.25, -0.2) is 9.37 Å². The molecule has 0 saturated heterocycles. The van der Waals surface area contributed by atoms with Crippen LogP contribution in [0.3, 0.4) is 0 Å². The second-order valence-corrected chi connectivity index (χ2v) is 3.28. The highest BCUT2D eigenvalue weighted by Crippen LogP contribution is 2.20. The van der Waals surface area contributed by atoms with Gasteiger partial charge < -0.3 is 5.11 Å². The van der Waals surface area contributed by atoms with Crippen LogP contribution in [0.4, 0.5) is 4.39 Å². The third-order valence-electron chi connectivity index (χ3n) is 2.19. The van der Waals surface area contributed by atoms with Gasteiger partial charge in [-0.2, -0.15) is 5.10 Å². The molecule has 15 heavy (non-hydrogen) atoms. The molecule has 5 heteroatoms. The number of hydrogen-bond donors (Lipinski definition) is 2. The smallest absolute Gasteiger partial charge is 0.157 e. The Hall–Kier alpha value is -1.75. The molecule has 2 aromatic rings. The molecule has 4 nitrogen and oxygen atoms in total. The van der Waals surface area contributed by atoms with Gasteiger partial charge in [0.1, 0.15) is 18.2 Å². The summed E-state index contributed by atoms with van der Waals surface area (Å²) in [7, 11) is 0. The van der Waals surface area contributed by atoms with Crippen molar-refractivity contribution in [1.29, 1.82) is 0 Å². The number of aryl methyl sites for hydroxylation is 1. The molecule has 0 fully saturated rings. The molecule has 1 aromatic carbocycles. The molecule has 0 aliphatic rings. The number of nitrogens with zero attached hydrogens (tertiary/aromatic N) is 2.